The number of rotatable bonds is 3. The van der Waals surface area contributed by atoms with E-state index in [1.165, 1.54) is 23.1 Å². The summed E-state index contributed by atoms with van der Waals surface area (Å²) >= 11 is 5.76. The molecule has 0 aliphatic carbocycles. The molecule has 1 aromatic heterocycles. The highest BCUT2D eigenvalue weighted by atomic mass is 35.5. The van der Waals surface area contributed by atoms with Crippen molar-refractivity contribution in [3.63, 3.8) is 0 Å². The van der Waals surface area contributed by atoms with Crippen molar-refractivity contribution in [3.8, 4) is 11.4 Å². The van der Waals surface area contributed by atoms with E-state index in [4.69, 9.17) is 16.1 Å². The van der Waals surface area contributed by atoms with Crippen molar-refractivity contribution in [2.45, 2.75) is 12.3 Å². The van der Waals surface area contributed by atoms with Crippen LogP contribution in [-0.4, -0.2) is 22.6 Å². The molecule has 27 heavy (non-hydrogen) atoms. The van der Waals surface area contributed by atoms with Gasteiger partial charge in [-0.3, -0.25) is 4.79 Å². The summed E-state index contributed by atoms with van der Waals surface area (Å²) in [6.07, 6.45) is 0.0595. The summed E-state index contributed by atoms with van der Waals surface area (Å²) in [6.45, 7) is 0.146. The fraction of sp³-hybridized carbons (Fsp3) is 0.167. The molecule has 0 spiro atoms. The molecule has 0 bridgehead atoms. The lowest BCUT2D eigenvalue weighted by atomic mass is 10.1. The Hall–Kier alpha value is -2.87. The lowest BCUT2D eigenvalue weighted by Crippen LogP contribution is -2.24. The van der Waals surface area contributed by atoms with Crippen molar-refractivity contribution >= 4 is 23.2 Å². The molecule has 1 unspecified atom stereocenters. The quantitative estimate of drug-likeness (QED) is 0.664. The minimum absolute atomic E-state index is 0.0595. The van der Waals surface area contributed by atoms with E-state index in [0.29, 0.717) is 5.56 Å². The highest BCUT2D eigenvalue weighted by molar-refractivity contribution is 6.31. The maximum Gasteiger partial charge on any atom is 0.232 e. The third-order valence-electron chi connectivity index (χ3n) is 4.25. The van der Waals surface area contributed by atoms with Gasteiger partial charge in [0.25, 0.3) is 0 Å². The van der Waals surface area contributed by atoms with E-state index in [-0.39, 0.29) is 41.3 Å². The molecule has 1 atom stereocenters. The number of carbonyl (C=O) groups is 1. The molecule has 0 saturated carbocycles. The normalized spacial score (nSPS) is 17.0. The predicted octanol–water partition coefficient (Wildman–Crippen LogP) is 4.33. The third-order valence-corrected chi connectivity index (χ3v) is 4.54. The van der Waals surface area contributed by atoms with E-state index < -0.39 is 23.4 Å². The number of nitrogens with zero attached hydrogens (tertiary/aromatic N) is 3. The van der Waals surface area contributed by atoms with Crippen molar-refractivity contribution in [1.29, 1.82) is 0 Å². The summed E-state index contributed by atoms with van der Waals surface area (Å²) in [5.74, 6) is -2.43. The van der Waals surface area contributed by atoms with Gasteiger partial charge in [0.1, 0.15) is 17.5 Å². The molecule has 0 radical (unpaired) electrons. The number of halogens is 4. The van der Waals surface area contributed by atoms with Crippen molar-refractivity contribution in [1.82, 2.24) is 10.1 Å². The summed E-state index contributed by atoms with van der Waals surface area (Å²) in [6, 6.07) is 6.92. The van der Waals surface area contributed by atoms with Gasteiger partial charge in [0, 0.05) is 30.3 Å². The maximum absolute atomic E-state index is 13.4. The van der Waals surface area contributed by atoms with Crippen molar-refractivity contribution in [3.05, 3.63) is 64.8 Å². The molecular weight excluding hydrogens is 383 g/mol. The fourth-order valence-electron chi connectivity index (χ4n) is 2.97. The second kappa shape index (κ2) is 6.70. The zero-order chi connectivity index (χ0) is 19.1. The molecule has 1 amide bonds. The second-order valence-corrected chi connectivity index (χ2v) is 6.53. The van der Waals surface area contributed by atoms with E-state index in [1.807, 2.05) is 0 Å². The molecule has 1 aliphatic heterocycles. The van der Waals surface area contributed by atoms with Crippen molar-refractivity contribution < 1.29 is 22.5 Å². The number of anilines is 1. The van der Waals surface area contributed by atoms with Crippen LogP contribution >= 0.6 is 11.6 Å². The summed E-state index contributed by atoms with van der Waals surface area (Å²) in [7, 11) is 0. The van der Waals surface area contributed by atoms with Crippen LogP contribution in [0.25, 0.3) is 11.4 Å². The van der Waals surface area contributed by atoms with Crippen LogP contribution in [-0.2, 0) is 4.79 Å². The monoisotopic (exact) mass is 393 g/mol. The van der Waals surface area contributed by atoms with Gasteiger partial charge in [-0.2, -0.15) is 4.98 Å². The van der Waals surface area contributed by atoms with Crippen LogP contribution in [0.1, 0.15) is 18.2 Å². The van der Waals surface area contributed by atoms with E-state index in [9.17, 15) is 18.0 Å². The van der Waals surface area contributed by atoms with Crippen molar-refractivity contribution in [2.75, 3.05) is 11.4 Å². The molecule has 1 aliphatic rings. The van der Waals surface area contributed by atoms with E-state index in [0.717, 1.165) is 18.2 Å². The largest absolute Gasteiger partial charge is 0.339 e. The van der Waals surface area contributed by atoms with Crippen LogP contribution in [0.5, 0.6) is 0 Å². The Morgan fingerprint density at radius 2 is 1.85 bits per heavy atom. The highest BCUT2D eigenvalue weighted by Gasteiger charge is 2.35. The Labute approximate surface area is 156 Å². The lowest BCUT2D eigenvalue weighted by molar-refractivity contribution is -0.117. The zero-order valence-electron chi connectivity index (χ0n) is 13.6. The fourth-order valence-corrected chi connectivity index (χ4v) is 3.15. The van der Waals surface area contributed by atoms with Gasteiger partial charge in [-0.05, 0) is 30.3 Å². The van der Waals surface area contributed by atoms with Gasteiger partial charge < -0.3 is 9.42 Å². The molecule has 5 nitrogen and oxygen atoms in total. The second-order valence-electron chi connectivity index (χ2n) is 6.12. The molecule has 138 valence electrons. The average Bonchev–Trinajstić information content (AvgIpc) is 3.23. The number of hydrogen-bond donors (Lipinski definition) is 0. The number of aromatic nitrogens is 2. The first-order valence-corrected chi connectivity index (χ1v) is 8.34. The van der Waals surface area contributed by atoms with Crippen LogP contribution in [0.15, 0.2) is 40.9 Å². The Bertz CT molecular complexity index is 1020. The molecule has 9 heteroatoms. The number of carbonyl (C=O) groups excluding carboxylic acids is 1. The van der Waals surface area contributed by atoms with Gasteiger partial charge in [-0.15, -0.1) is 0 Å². The number of amides is 1. The SMILES string of the molecule is O=C1CC(c2nc(-c3ccc(F)c(Cl)c3)no2)CN1c1cc(F)cc(F)c1. The first-order chi connectivity index (χ1) is 12.9. The Balaban J connectivity index is 1.57. The van der Waals surface area contributed by atoms with Gasteiger partial charge in [0.05, 0.1) is 10.9 Å². The summed E-state index contributed by atoms with van der Waals surface area (Å²) in [4.78, 5) is 17.8. The van der Waals surface area contributed by atoms with E-state index in [1.54, 1.807) is 0 Å². The van der Waals surface area contributed by atoms with E-state index in [2.05, 4.69) is 10.1 Å². The minimum atomic E-state index is -0.769. The van der Waals surface area contributed by atoms with Crippen LogP contribution in [0, 0.1) is 17.5 Å². The minimum Gasteiger partial charge on any atom is -0.339 e. The average molecular weight is 394 g/mol. The molecule has 1 fully saturated rings. The van der Waals surface area contributed by atoms with Gasteiger partial charge in [-0.25, -0.2) is 13.2 Å². The smallest absolute Gasteiger partial charge is 0.232 e. The molecule has 0 N–H and O–H groups in total. The van der Waals surface area contributed by atoms with Crippen molar-refractivity contribution in [2.24, 2.45) is 0 Å². The predicted molar refractivity (Wildman–Crippen MR) is 90.8 cm³/mol. The first kappa shape index (κ1) is 17.5. The van der Waals surface area contributed by atoms with Crippen LogP contribution in [0.2, 0.25) is 5.02 Å². The Kier molecular flexibility index (Phi) is 4.35. The summed E-state index contributed by atoms with van der Waals surface area (Å²) < 4.78 is 45.4. The number of hydrogen-bond acceptors (Lipinski definition) is 4. The zero-order valence-corrected chi connectivity index (χ0v) is 14.4. The van der Waals surface area contributed by atoms with Crippen LogP contribution in [0.3, 0.4) is 0 Å². The first-order valence-electron chi connectivity index (χ1n) is 7.96. The maximum atomic E-state index is 13.4. The molecular formula is C18H11ClF3N3O2. The number of benzene rings is 2. The Morgan fingerprint density at radius 3 is 2.56 bits per heavy atom. The van der Waals surface area contributed by atoms with Gasteiger partial charge in [0.2, 0.25) is 17.6 Å². The molecule has 3 aromatic rings. The van der Waals surface area contributed by atoms with E-state index >= 15 is 0 Å². The van der Waals surface area contributed by atoms with Crippen LogP contribution < -0.4 is 4.90 Å². The molecule has 4 rings (SSSR count). The van der Waals surface area contributed by atoms with Gasteiger partial charge in [0.15, 0.2) is 0 Å². The van der Waals surface area contributed by atoms with Gasteiger partial charge in [-0.1, -0.05) is 16.8 Å². The summed E-state index contributed by atoms with van der Waals surface area (Å²) in [5, 5.41) is 3.76. The van der Waals surface area contributed by atoms with Crippen LogP contribution in [0.4, 0.5) is 18.9 Å². The molecule has 1 saturated heterocycles. The standard InChI is InChI=1S/C18H11ClF3N3O2/c19-14-3-9(1-2-15(14)22)17-23-18(27-24-17)10-4-16(26)25(8-10)13-6-11(20)5-12(21)7-13/h1-3,5-7,10H,4,8H2. The molecule has 2 heterocycles. The van der Waals surface area contributed by atoms with Gasteiger partial charge >= 0.3 is 0 Å². The summed E-state index contributed by atoms with van der Waals surface area (Å²) in [5.41, 5.74) is 0.592. The Morgan fingerprint density at radius 1 is 1.11 bits per heavy atom. The topological polar surface area (TPSA) is 59.2 Å². The lowest BCUT2D eigenvalue weighted by Gasteiger charge is -2.16. The molecule has 2 aromatic carbocycles. The highest BCUT2D eigenvalue weighted by Crippen LogP contribution is 2.33. The third kappa shape index (κ3) is 3.40.